The highest BCUT2D eigenvalue weighted by Gasteiger charge is 2.40. The molecular weight excluding hydrogens is 264 g/mol. The van der Waals surface area contributed by atoms with Crippen LogP contribution >= 0.6 is 11.3 Å². The Kier molecular flexibility index (Phi) is 3.29. The van der Waals surface area contributed by atoms with Crippen molar-refractivity contribution in [3.63, 3.8) is 0 Å². The lowest BCUT2D eigenvalue weighted by molar-refractivity contribution is 0.281. The van der Waals surface area contributed by atoms with Crippen LogP contribution in [0.25, 0.3) is 10.1 Å². The molecule has 2 aromatic rings. The number of nitrogens with one attached hydrogen (secondary N) is 1. The molecular formula is C17H22N2S. The minimum absolute atomic E-state index is 0.330. The van der Waals surface area contributed by atoms with E-state index in [0.717, 1.165) is 17.8 Å². The maximum Gasteiger partial charge on any atom is 0.0556 e. The molecule has 0 saturated heterocycles. The summed E-state index contributed by atoms with van der Waals surface area (Å²) in [4.78, 5) is 1.40. The first-order valence-corrected chi connectivity index (χ1v) is 8.59. The van der Waals surface area contributed by atoms with Gasteiger partial charge in [-0.25, -0.2) is 0 Å². The molecule has 1 aromatic carbocycles. The fourth-order valence-corrected chi connectivity index (χ4v) is 5.55. The highest BCUT2D eigenvalue weighted by Crippen LogP contribution is 2.51. The summed E-state index contributed by atoms with van der Waals surface area (Å²) in [5.41, 5.74) is 3.08. The number of hydrogen-bond acceptors (Lipinski definition) is 3. The molecule has 2 saturated carbocycles. The molecule has 2 nitrogen and oxygen atoms in total. The van der Waals surface area contributed by atoms with Gasteiger partial charge in [-0.05, 0) is 61.0 Å². The second-order valence-corrected chi connectivity index (χ2v) is 7.69. The fourth-order valence-electron chi connectivity index (χ4n) is 4.41. The van der Waals surface area contributed by atoms with Crippen LogP contribution in [0.15, 0.2) is 30.3 Å². The minimum Gasteiger partial charge on any atom is -0.271 e. The number of nitrogens with two attached hydrogens (primary N) is 1. The first-order chi connectivity index (χ1) is 9.83. The van der Waals surface area contributed by atoms with Gasteiger partial charge in [0.1, 0.15) is 0 Å². The molecule has 0 amide bonds. The van der Waals surface area contributed by atoms with E-state index in [4.69, 9.17) is 5.84 Å². The van der Waals surface area contributed by atoms with Gasteiger partial charge in [-0.3, -0.25) is 11.3 Å². The van der Waals surface area contributed by atoms with Crippen molar-refractivity contribution in [2.75, 3.05) is 0 Å². The molecule has 2 aliphatic rings. The number of hydrogen-bond donors (Lipinski definition) is 2. The van der Waals surface area contributed by atoms with Crippen molar-refractivity contribution < 1.29 is 0 Å². The lowest BCUT2D eigenvalue weighted by Crippen LogP contribution is -2.30. The summed E-state index contributed by atoms with van der Waals surface area (Å²) in [6.07, 6.45) is 7.07. The fraction of sp³-hybridized carbons (Fsp3) is 0.529. The van der Waals surface area contributed by atoms with Crippen molar-refractivity contribution in [3.8, 4) is 0 Å². The molecule has 4 unspecified atom stereocenters. The average molecular weight is 286 g/mol. The normalized spacial score (nSPS) is 30.1. The zero-order valence-corrected chi connectivity index (χ0v) is 12.5. The van der Waals surface area contributed by atoms with Crippen LogP contribution in [0.5, 0.6) is 0 Å². The van der Waals surface area contributed by atoms with E-state index >= 15 is 0 Å². The second-order valence-electron chi connectivity index (χ2n) is 6.58. The molecule has 3 heteroatoms. The van der Waals surface area contributed by atoms with Gasteiger partial charge in [-0.2, -0.15) is 0 Å². The van der Waals surface area contributed by atoms with Crippen LogP contribution in [0.4, 0.5) is 0 Å². The Morgan fingerprint density at radius 1 is 1.25 bits per heavy atom. The molecule has 1 aromatic heterocycles. The quantitative estimate of drug-likeness (QED) is 0.652. The summed E-state index contributed by atoms with van der Waals surface area (Å²) in [7, 11) is 0. The smallest absolute Gasteiger partial charge is 0.0556 e. The van der Waals surface area contributed by atoms with Gasteiger partial charge in [0.15, 0.2) is 0 Å². The maximum atomic E-state index is 5.86. The van der Waals surface area contributed by atoms with Gasteiger partial charge in [0.2, 0.25) is 0 Å². The van der Waals surface area contributed by atoms with Crippen LogP contribution in [0.1, 0.15) is 43.0 Å². The first-order valence-electron chi connectivity index (χ1n) is 7.78. The van der Waals surface area contributed by atoms with Crippen LogP contribution < -0.4 is 11.3 Å². The van der Waals surface area contributed by atoms with Gasteiger partial charge in [-0.1, -0.05) is 24.6 Å². The van der Waals surface area contributed by atoms with Crippen LogP contribution in [0, 0.1) is 17.8 Å². The molecule has 2 fully saturated rings. The number of thiophene rings is 1. The summed E-state index contributed by atoms with van der Waals surface area (Å²) < 4.78 is 1.37. The Hall–Kier alpha value is -0.900. The highest BCUT2D eigenvalue weighted by atomic mass is 32.1. The van der Waals surface area contributed by atoms with Crippen molar-refractivity contribution in [3.05, 3.63) is 35.2 Å². The van der Waals surface area contributed by atoms with Crippen LogP contribution in [-0.4, -0.2) is 0 Å². The van der Waals surface area contributed by atoms with E-state index in [1.165, 1.54) is 47.1 Å². The molecule has 0 spiro atoms. The largest absolute Gasteiger partial charge is 0.271 e. The Balaban J connectivity index is 1.55. The number of hydrazine groups is 1. The summed E-state index contributed by atoms with van der Waals surface area (Å²) >= 11 is 1.89. The molecule has 2 aliphatic carbocycles. The van der Waals surface area contributed by atoms with E-state index in [-0.39, 0.29) is 0 Å². The summed E-state index contributed by atoms with van der Waals surface area (Å²) in [6.45, 7) is 0. The minimum atomic E-state index is 0.330. The standard InChI is InChI=1S/C17H22N2S/c18-19-15(9-14-8-11-5-6-12(14)7-11)17-10-13-3-1-2-4-16(13)20-17/h1-4,10-12,14-15,19H,5-9,18H2. The zero-order chi connectivity index (χ0) is 13.5. The van der Waals surface area contributed by atoms with Gasteiger partial charge in [0, 0.05) is 9.58 Å². The summed E-state index contributed by atoms with van der Waals surface area (Å²) in [6, 6.07) is 11.3. The maximum absolute atomic E-state index is 5.86. The lowest BCUT2D eigenvalue weighted by Gasteiger charge is -2.25. The molecule has 3 N–H and O–H groups in total. The third kappa shape index (κ3) is 2.18. The molecule has 0 radical (unpaired) electrons. The second kappa shape index (κ2) is 5.14. The van der Waals surface area contributed by atoms with Crippen molar-refractivity contribution >= 4 is 21.4 Å². The highest BCUT2D eigenvalue weighted by molar-refractivity contribution is 7.19. The average Bonchev–Trinajstić information content (AvgIpc) is 3.18. The van der Waals surface area contributed by atoms with Gasteiger partial charge in [0.25, 0.3) is 0 Å². The zero-order valence-electron chi connectivity index (χ0n) is 11.7. The summed E-state index contributed by atoms with van der Waals surface area (Å²) in [5, 5.41) is 1.35. The van der Waals surface area contributed by atoms with Crippen molar-refractivity contribution in [1.29, 1.82) is 0 Å². The van der Waals surface area contributed by atoms with E-state index in [0.29, 0.717) is 6.04 Å². The SMILES string of the molecule is NNC(CC1CC2CCC1C2)c1cc2ccccc2s1. The Morgan fingerprint density at radius 3 is 2.85 bits per heavy atom. The molecule has 0 aliphatic heterocycles. The topological polar surface area (TPSA) is 38.0 Å². The molecule has 4 atom stereocenters. The van der Waals surface area contributed by atoms with Crippen LogP contribution in [0.3, 0.4) is 0 Å². The van der Waals surface area contributed by atoms with Gasteiger partial charge in [-0.15, -0.1) is 11.3 Å². The monoisotopic (exact) mass is 286 g/mol. The Labute approximate surface area is 124 Å². The molecule has 20 heavy (non-hydrogen) atoms. The van der Waals surface area contributed by atoms with Gasteiger partial charge >= 0.3 is 0 Å². The van der Waals surface area contributed by atoms with Crippen molar-refractivity contribution in [2.24, 2.45) is 23.6 Å². The van der Waals surface area contributed by atoms with Crippen LogP contribution in [-0.2, 0) is 0 Å². The predicted octanol–water partition coefficient (Wildman–Crippen LogP) is 4.23. The van der Waals surface area contributed by atoms with E-state index in [9.17, 15) is 0 Å². The Morgan fingerprint density at radius 2 is 2.15 bits per heavy atom. The predicted molar refractivity (Wildman–Crippen MR) is 85.4 cm³/mol. The van der Waals surface area contributed by atoms with E-state index in [1.54, 1.807) is 0 Å². The van der Waals surface area contributed by atoms with Gasteiger partial charge in [0.05, 0.1) is 6.04 Å². The molecule has 4 rings (SSSR count). The molecule has 2 bridgehead atoms. The number of benzene rings is 1. The lowest BCUT2D eigenvalue weighted by atomic mass is 9.84. The van der Waals surface area contributed by atoms with Crippen molar-refractivity contribution in [2.45, 2.75) is 38.1 Å². The molecule has 1 heterocycles. The number of fused-ring (bicyclic) bond motifs is 3. The summed E-state index contributed by atoms with van der Waals surface area (Å²) in [5.74, 6) is 8.74. The van der Waals surface area contributed by atoms with Crippen LogP contribution in [0.2, 0.25) is 0 Å². The third-order valence-corrected chi connectivity index (χ3v) is 6.64. The van der Waals surface area contributed by atoms with E-state index in [2.05, 4.69) is 35.8 Å². The first kappa shape index (κ1) is 12.8. The molecule has 106 valence electrons. The van der Waals surface area contributed by atoms with Crippen molar-refractivity contribution in [1.82, 2.24) is 5.43 Å². The van der Waals surface area contributed by atoms with Gasteiger partial charge < -0.3 is 0 Å². The van der Waals surface area contributed by atoms with E-state index in [1.807, 2.05) is 11.3 Å². The Bertz CT molecular complexity index is 573. The van der Waals surface area contributed by atoms with E-state index < -0.39 is 0 Å². The number of rotatable bonds is 4. The third-order valence-electron chi connectivity index (χ3n) is 5.41.